The fourth-order valence-corrected chi connectivity index (χ4v) is 8.29. The van der Waals surface area contributed by atoms with Gasteiger partial charge in [0.1, 0.15) is 5.84 Å². The van der Waals surface area contributed by atoms with E-state index in [1.54, 1.807) is 0 Å². The SMILES string of the molecule is C1=C(c2ccc(-n3c4ccccc4c4ccccc43)cc2)NC(n2c3ccccc3c3ccccc32)N=C1n1c2ccccc2c2ccccc21. The molecule has 1 aliphatic rings. The van der Waals surface area contributed by atoms with Gasteiger partial charge >= 0.3 is 0 Å². The number of benzene rings is 7. The van der Waals surface area contributed by atoms with E-state index in [0.717, 1.165) is 44.9 Å². The maximum atomic E-state index is 5.52. The summed E-state index contributed by atoms with van der Waals surface area (Å²) in [5.74, 6) is 0.888. The number of aromatic nitrogens is 3. The second-order valence-electron chi connectivity index (χ2n) is 13.3. The Morgan fingerprint density at radius 2 is 0.765 bits per heavy atom. The van der Waals surface area contributed by atoms with E-state index < -0.39 is 0 Å². The number of nitrogens with one attached hydrogen (secondary N) is 1. The topological polar surface area (TPSA) is 39.2 Å². The zero-order valence-electron chi connectivity index (χ0n) is 27.6. The first kappa shape index (κ1) is 28.0. The van der Waals surface area contributed by atoms with Crippen LogP contribution in [-0.2, 0) is 0 Å². The van der Waals surface area contributed by atoms with Crippen molar-refractivity contribution in [1.82, 2.24) is 19.0 Å². The molecule has 0 saturated heterocycles. The van der Waals surface area contributed by atoms with Crippen LogP contribution in [0.3, 0.4) is 0 Å². The second-order valence-corrected chi connectivity index (χ2v) is 13.3. The number of hydrogen-bond donors (Lipinski definition) is 1. The maximum absolute atomic E-state index is 5.52. The van der Waals surface area contributed by atoms with Gasteiger partial charge in [-0.3, -0.25) is 4.57 Å². The standard InChI is InChI=1S/C46H31N5/c1-7-19-39-32(13-1)33-14-2-8-20-40(33)49(39)31-27-25-30(26-28-31)38-29-45(50-41-21-9-3-15-34(41)35-16-4-10-22-42(35)50)48-46(47-38)51-43-23-11-5-17-36(43)37-18-6-12-24-44(37)51/h1-29,46-47H. The first-order valence-electron chi connectivity index (χ1n) is 17.4. The van der Waals surface area contributed by atoms with Gasteiger partial charge in [-0.05, 0) is 54.1 Å². The molecule has 1 unspecified atom stereocenters. The van der Waals surface area contributed by atoms with Crippen LogP contribution in [0, 0.1) is 0 Å². The number of nitrogens with zero attached hydrogens (tertiary/aromatic N) is 4. The molecule has 1 atom stereocenters. The number of fused-ring (bicyclic) bond motifs is 9. The molecule has 0 fully saturated rings. The van der Waals surface area contributed by atoms with Crippen molar-refractivity contribution in [1.29, 1.82) is 0 Å². The molecule has 10 aromatic rings. The lowest BCUT2D eigenvalue weighted by molar-refractivity contribution is 0.506. The van der Waals surface area contributed by atoms with Crippen molar-refractivity contribution in [2.24, 2.45) is 4.99 Å². The Balaban J connectivity index is 1.12. The van der Waals surface area contributed by atoms with Crippen molar-refractivity contribution in [3.8, 4) is 5.69 Å². The van der Waals surface area contributed by atoms with Crippen molar-refractivity contribution in [2.75, 3.05) is 0 Å². The highest BCUT2D eigenvalue weighted by Crippen LogP contribution is 2.37. The van der Waals surface area contributed by atoms with Gasteiger partial charge in [0.2, 0.25) is 6.29 Å². The van der Waals surface area contributed by atoms with Gasteiger partial charge in [-0.25, -0.2) is 4.99 Å². The van der Waals surface area contributed by atoms with E-state index in [9.17, 15) is 0 Å². The van der Waals surface area contributed by atoms with Crippen LogP contribution in [0.4, 0.5) is 0 Å². The number of allylic oxidation sites excluding steroid dienone is 1. The Hall–Kier alpha value is -6.85. The maximum Gasteiger partial charge on any atom is 0.203 e. The van der Waals surface area contributed by atoms with Crippen molar-refractivity contribution >= 4 is 77.0 Å². The summed E-state index contributed by atoms with van der Waals surface area (Å²) in [4.78, 5) is 5.52. The average molecular weight is 654 g/mol. The molecule has 0 aliphatic carbocycles. The third-order valence-corrected chi connectivity index (χ3v) is 10.5. The number of aliphatic imine (C=N–C) groups is 1. The molecule has 0 spiro atoms. The van der Waals surface area contributed by atoms with Crippen LogP contribution < -0.4 is 5.32 Å². The van der Waals surface area contributed by atoms with Crippen LogP contribution in [0.25, 0.3) is 76.8 Å². The molecule has 5 nitrogen and oxygen atoms in total. The third kappa shape index (κ3) is 4.12. The molecule has 7 aromatic carbocycles. The molecule has 3 aromatic heterocycles. The highest BCUT2D eigenvalue weighted by atomic mass is 15.3. The fraction of sp³-hybridized carbons (Fsp3) is 0.0217. The molecule has 51 heavy (non-hydrogen) atoms. The zero-order chi connectivity index (χ0) is 33.5. The molecule has 240 valence electrons. The molecule has 0 saturated carbocycles. The Morgan fingerprint density at radius 3 is 1.22 bits per heavy atom. The quantitative estimate of drug-likeness (QED) is 0.202. The first-order chi connectivity index (χ1) is 25.3. The summed E-state index contributed by atoms with van der Waals surface area (Å²) in [6.45, 7) is 0. The van der Waals surface area contributed by atoms with E-state index in [-0.39, 0.29) is 6.29 Å². The van der Waals surface area contributed by atoms with E-state index in [2.05, 4.69) is 195 Å². The molecule has 0 radical (unpaired) electrons. The summed E-state index contributed by atoms with van der Waals surface area (Å²) in [5, 5.41) is 11.3. The fourth-order valence-electron chi connectivity index (χ4n) is 8.29. The van der Waals surface area contributed by atoms with Gasteiger partial charge in [-0.1, -0.05) is 121 Å². The van der Waals surface area contributed by atoms with E-state index in [4.69, 9.17) is 4.99 Å². The molecule has 0 amide bonds. The predicted molar refractivity (Wildman–Crippen MR) is 213 cm³/mol. The summed E-state index contributed by atoms with van der Waals surface area (Å²) in [5.41, 5.74) is 10.2. The smallest absolute Gasteiger partial charge is 0.203 e. The molecule has 1 aliphatic heterocycles. The van der Waals surface area contributed by atoms with Crippen LogP contribution in [0.2, 0.25) is 0 Å². The first-order valence-corrected chi connectivity index (χ1v) is 17.4. The van der Waals surface area contributed by atoms with Crippen molar-refractivity contribution in [3.63, 3.8) is 0 Å². The largest absolute Gasteiger partial charge is 0.346 e. The summed E-state index contributed by atoms with van der Waals surface area (Å²) in [7, 11) is 0. The monoisotopic (exact) mass is 653 g/mol. The normalized spacial score (nSPS) is 14.9. The van der Waals surface area contributed by atoms with Gasteiger partial charge in [0, 0.05) is 49.8 Å². The Morgan fingerprint density at radius 1 is 0.392 bits per heavy atom. The Labute approximate surface area is 293 Å². The van der Waals surface area contributed by atoms with Crippen molar-refractivity contribution in [2.45, 2.75) is 6.29 Å². The lowest BCUT2D eigenvalue weighted by Gasteiger charge is -2.27. The summed E-state index contributed by atoms with van der Waals surface area (Å²) >= 11 is 0. The summed E-state index contributed by atoms with van der Waals surface area (Å²) in [6.07, 6.45) is 1.82. The molecular weight excluding hydrogens is 623 g/mol. The van der Waals surface area contributed by atoms with Crippen LogP contribution in [-0.4, -0.2) is 19.5 Å². The summed E-state index contributed by atoms with van der Waals surface area (Å²) in [6, 6.07) is 60.8. The van der Waals surface area contributed by atoms with Gasteiger partial charge < -0.3 is 14.5 Å². The highest BCUT2D eigenvalue weighted by Gasteiger charge is 2.25. The number of hydrogen-bond acceptors (Lipinski definition) is 2. The molecule has 5 heteroatoms. The minimum atomic E-state index is -0.387. The van der Waals surface area contributed by atoms with Crippen LogP contribution in [0.5, 0.6) is 0 Å². The van der Waals surface area contributed by atoms with Crippen molar-refractivity contribution in [3.05, 3.63) is 181 Å². The van der Waals surface area contributed by atoms with Gasteiger partial charge in [-0.15, -0.1) is 0 Å². The summed E-state index contributed by atoms with van der Waals surface area (Å²) < 4.78 is 7.03. The second kappa shape index (κ2) is 10.8. The third-order valence-electron chi connectivity index (χ3n) is 10.5. The van der Waals surface area contributed by atoms with E-state index in [1.807, 2.05) is 0 Å². The number of rotatable bonds is 3. The lowest BCUT2D eigenvalue weighted by atomic mass is 10.1. The van der Waals surface area contributed by atoms with Gasteiger partial charge in [-0.2, -0.15) is 0 Å². The Kier molecular flexibility index (Phi) is 5.95. The average Bonchev–Trinajstić information content (AvgIpc) is 3.84. The van der Waals surface area contributed by atoms with E-state index in [0.29, 0.717) is 0 Å². The minimum Gasteiger partial charge on any atom is -0.346 e. The lowest BCUT2D eigenvalue weighted by Crippen LogP contribution is -2.30. The van der Waals surface area contributed by atoms with Gasteiger partial charge in [0.25, 0.3) is 0 Å². The van der Waals surface area contributed by atoms with Gasteiger partial charge in [0.05, 0.1) is 33.1 Å². The van der Waals surface area contributed by atoms with Crippen LogP contribution >= 0.6 is 0 Å². The molecular formula is C46H31N5. The van der Waals surface area contributed by atoms with Gasteiger partial charge in [0.15, 0.2) is 0 Å². The molecule has 0 bridgehead atoms. The van der Waals surface area contributed by atoms with Crippen LogP contribution in [0.15, 0.2) is 181 Å². The van der Waals surface area contributed by atoms with Crippen molar-refractivity contribution < 1.29 is 0 Å². The molecule has 11 rings (SSSR count). The van der Waals surface area contributed by atoms with E-state index >= 15 is 0 Å². The molecule has 4 heterocycles. The highest BCUT2D eigenvalue weighted by molar-refractivity contribution is 6.18. The van der Waals surface area contributed by atoms with E-state index in [1.165, 1.54) is 43.4 Å². The predicted octanol–water partition coefficient (Wildman–Crippen LogP) is 11.0. The van der Waals surface area contributed by atoms with Crippen LogP contribution in [0.1, 0.15) is 11.9 Å². The zero-order valence-corrected chi connectivity index (χ0v) is 27.6. The minimum absolute atomic E-state index is 0.387. The Bertz CT molecular complexity index is 2900. The molecule has 1 N–H and O–H groups in total. The number of para-hydroxylation sites is 6.